The van der Waals surface area contributed by atoms with Crippen molar-refractivity contribution in [1.82, 2.24) is 4.72 Å². The Balaban J connectivity index is 1.99. The first-order valence-electron chi connectivity index (χ1n) is 8.36. The number of carbonyl (C=O) groups is 2. The van der Waals surface area contributed by atoms with Crippen LogP contribution < -0.4 is 10.0 Å². The molecule has 144 valence electrons. The maximum atomic E-state index is 12.4. The van der Waals surface area contributed by atoms with Crippen LogP contribution in [0.25, 0.3) is 0 Å². The van der Waals surface area contributed by atoms with Crippen LogP contribution in [0.15, 0.2) is 53.4 Å². The van der Waals surface area contributed by atoms with Gasteiger partial charge in [-0.15, -0.1) is 0 Å². The number of carboxylic acids is 1. The Bertz CT molecular complexity index is 923. The van der Waals surface area contributed by atoms with Gasteiger partial charge in [-0.25, -0.2) is 8.42 Å². The number of benzene rings is 2. The van der Waals surface area contributed by atoms with Gasteiger partial charge in [0.1, 0.15) is 6.04 Å². The zero-order valence-electron chi connectivity index (χ0n) is 15.1. The van der Waals surface area contributed by atoms with Crippen LogP contribution >= 0.6 is 0 Å². The Kier molecular flexibility index (Phi) is 6.70. The summed E-state index contributed by atoms with van der Waals surface area (Å²) in [6, 6.07) is 11.8. The molecule has 0 aliphatic carbocycles. The number of aliphatic carboxylic acids is 1. The minimum Gasteiger partial charge on any atom is -0.480 e. The third-order valence-corrected chi connectivity index (χ3v) is 5.38. The summed E-state index contributed by atoms with van der Waals surface area (Å²) in [5.41, 5.74) is 2.46. The number of rotatable bonds is 8. The summed E-state index contributed by atoms with van der Waals surface area (Å²) in [5.74, 6) is -1.73. The summed E-state index contributed by atoms with van der Waals surface area (Å²) in [7, 11) is -4.00. The Hall–Kier alpha value is -2.71. The first-order chi connectivity index (χ1) is 12.7. The van der Waals surface area contributed by atoms with E-state index in [0.717, 1.165) is 11.1 Å². The molecule has 8 heteroatoms. The number of amides is 1. The third kappa shape index (κ3) is 6.19. The monoisotopic (exact) mass is 390 g/mol. The van der Waals surface area contributed by atoms with Crippen molar-refractivity contribution < 1.29 is 23.1 Å². The minimum atomic E-state index is -4.00. The Morgan fingerprint density at radius 3 is 2.30 bits per heavy atom. The number of carbonyl (C=O) groups excluding carboxylic acids is 1. The molecule has 1 amide bonds. The van der Waals surface area contributed by atoms with Crippen molar-refractivity contribution in [2.24, 2.45) is 0 Å². The van der Waals surface area contributed by atoms with Crippen molar-refractivity contribution >= 4 is 27.6 Å². The second-order valence-corrected chi connectivity index (χ2v) is 8.00. The molecule has 0 heterocycles. The van der Waals surface area contributed by atoms with E-state index in [4.69, 9.17) is 0 Å². The third-order valence-electron chi connectivity index (χ3n) is 3.89. The highest BCUT2D eigenvalue weighted by Crippen LogP contribution is 2.13. The highest BCUT2D eigenvalue weighted by atomic mass is 32.2. The number of hydrogen-bond acceptors (Lipinski definition) is 4. The maximum absolute atomic E-state index is 12.4. The van der Waals surface area contributed by atoms with Gasteiger partial charge in [0, 0.05) is 12.1 Å². The van der Waals surface area contributed by atoms with Crippen molar-refractivity contribution in [2.75, 3.05) is 5.32 Å². The van der Waals surface area contributed by atoms with Gasteiger partial charge in [-0.2, -0.15) is 4.72 Å². The molecule has 3 N–H and O–H groups in total. The molecular formula is C19H22N2O5S. The van der Waals surface area contributed by atoms with Crippen LogP contribution in [0.2, 0.25) is 0 Å². The van der Waals surface area contributed by atoms with Gasteiger partial charge in [0.2, 0.25) is 15.9 Å². The molecule has 2 aromatic carbocycles. The first kappa shape index (κ1) is 20.6. The predicted molar refractivity (Wildman–Crippen MR) is 102 cm³/mol. The lowest BCUT2D eigenvalue weighted by atomic mass is 10.1. The number of aryl methyl sites for hydroxylation is 2. The van der Waals surface area contributed by atoms with E-state index in [0.29, 0.717) is 5.69 Å². The number of nitrogens with one attached hydrogen (secondary N) is 2. The quantitative estimate of drug-likeness (QED) is 0.641. The fourth-order valence-corrected chi connectivity index (χ4v) is 3.65. The molecule has 0 saturated heterocycles. The molecule has 27 heavy (non-hydrogen) atoms. The molecule has 1 atom stereocenters. The molecule has 0 saturated carbocycles. The lowest BCUT2D eigenvalue weighted by molar-refractivity contribution is -0.139. The SMILES string of the molecule is Cc1ccc(S(=O)(=O)NC(CCC(=O)Nc2cccc(C)c2)C(=O)O)cc1. The second kappa shape index (κ2) is 8.79. The molecule has 2 rings (SSSR count). The summed E-state index contributed by atoms with van der Waals surface area (Å²) in [6.45, 7) is 3.70. The Morgan fingerprint density at radius 2 is 1.70 bits per heavy atom. The van der Waals surface area contributed by atoms with Gasteiger partial charge in [-0.05, 0) is 50.1 Å². The topological polar surface area (TPSA) is 113 Å². The van der Waals surface area contributed by atoms with Crippen molar-refractivity contribution in [3.63, 3.8) is 0 Å². The molecule has 0 aliphatic rings. The summed E-state index contributed by atoms with van der Waals surface area (Å²) in [6.07, 6.45) is -0.306. The summed E-state index contributed by atoms with van der Waals surface area (Å²) in [5, 5.41) is 12.0. The molecular weight excluding hydrogens is 368 g/mol. The van der Waals surface area contributed by atoms with Gasteiger partial charge < -0.3 is 10.4 Å². The van der Waals surface area contributed by atoms with E-state index in [2.05, 4.69) is 10.0 Å². The molecule has 0 aliphatic heterocycles. The van der Waals surface area contributed by atoms with Crippen LogP contribution in [0.4, 0.5) is 5.69 Å². The number of hydrogen-bond donors (Lipinski definition) is 3. The number of sulfonamides is 1. The number of anilines is 1. The van der Waals surface area contributed by atoms with Gasteiger partial charge in [0.15, 0.2) is 0 Å². The van der Waals surface area contributed by atoms with Crippen molar-refractivity contribution in [3.8, 4) is 0 Å². The van der Waals surface area contributed by atoms with Crippen LogP contribution in [0, 0.1) is 13.8 Å². The molecule has 7 nitrogen and oxygen atoms in total. The van der Waals surface area contributed by atoms with Crippen LogP contribution in [0.5, 0.6) is 0 Å². The zero-order chi connectivity index (χ0) is 20.0. The average molecular weight is 390 g/mol. The second-order valence-electron chi connectivity index (χ2n) is 6.28. The Labute approximate surface area is 158 Å². The summed E-state index contributed by atoms with van der Waals surface area (Å²) in [4.78, 5) is 23.4. The molecule has 0 spiro atoms. The smallest absolute Gasteiger partial charge is 0.321 e. The molecule has 0 aromatic heterocycles. The molecule has 2 aromatic rings. The van der Waals surface area contributed by atoms with E-state index in [-0.39, 0.29) is 23.6 Å². The van der Waals surface area contributed by atoms with Gasteiger partial charge >= 0.3 is 5.97 Å². The average Bonchev–Trinajstić information content (AvgIpc) is 2.58. The van der Waals surface area contributed by atoms with Crippen LogP contribution in [0.1, 0.15) is 24.0 Å². The predicted octanol–water partition coefficient (Wildman–Crippen LogP) is 2.45. The highest BCUT2D eigenvalue weighted by Gasteiger charge is 2.26. The van der Waals surface area contributed by atoms with Crippen molar-refractivity contribution in [2.45, 2.75) is 37.6 Å². The normalized spacial score (nSPS) is 12.4. The minimum absolute atomic E-state index is 0.0245. The van der Waals surface area contributed by atoms with Gasteiger partial charge in [0.25, 0.3) is 0 Å². The molecule has 1 unspecified atom stereocenters. The van der Waals surface area contributed by atoms with Gasteiger partial charge in [0.05, 0.1) is 4.90 Å². The van der Waals surface area contributed by atoms with Gasteiger partial charge in [-0.3, -0.25) is 9.59 Å². The molecule has 0 fully saturated rings. The highest BCUT2D eigenvalue weighted by molar-refractivity contribution is 7.89. The van der Waals surface area contributed by atoms with E-state index in [1.807, 2.05) is 19.9 Å². The van der Waals surface area contributed by atoms with Gasteiger partial charge in [-0.1, -0.05) is 29.8 Å². The summed E-state index contributed by atoms with van der Waals surface area (Å²) >= 11 is 0. The lowest BCUT2D eigenvalue weighted by Gasteiger charge is -2.15. The van der Waals surface area contributed by atoms with Crippen LogP contribution in [-0.4, -0.2) is 31.4 Å². The maximum Gasteiger partial charge on any atom is 0.321 e. The first-order valence-corrected chi connectivity index (χ1v) is 9.84. The van der Waals surface area contributed by atoms with E-state index >= 15 is 0 Å². The zero-order valence-corrected chi connectivity index (χ0v) is 15.9. The lowest BCUT2D eigenvalue weighted by Crippen LogP contribution is -2.41. The van der Waals surface area contributed by atoms with E-state index in [1.54, 1.807) is 30.3 Å². The fraction of sp³-hybridized carbons (Fsp3) is 0.263. The number of carboxylic acid groups (broad SMARTS) is 1. The van der Waals surface area contributed by atoms with Crippen LogP contribution in [-0.2, 0) is 19.6 Å². The van der Waals surface area contributed by atoms with Crippen LogP contribution in [0.3, 0.4) is 0 Å². The molecule has 0 radical (unpaired) electrons. The van der Waals surface area contributed by atoms with E-state index < -0.39 is 22.0 Å². The standard InChI is InChI=1S/C19H22N2O5S/c1-13-6-8-16(9-7-13)27(25,26)21-17(19(23)24)10-11-18(22)20-15-5-3-4-14(2)12-15/h3-9,12,17,21H,10-11H2,1-2H3,(H,20,22)(H,23,24). The van der Waals surface area contributed by atoms with E-state index in [9.17, 15) is 23.1 Å². The van der Waals surface area contributed by atoms with Crippen molar-refractivity contribution in [1.29, 1.82) is 0 Å². The Morgan fingerprint density at radius 1 is 1.04 bits per heavy atom. The largest absolute Gasteiger partial charge is 0.480 e. The van der Waals surface area contributed by atoms with Crippen molar-refractivity contribution in [3.05, 3.63) is 59.7 Å². The molecule has 0 bridgehead atoms. The fourth-order valence-electron chi connectivity index (χ4n) is 2.43. The van der Waals surface area contributed by atoms with E-state index in [1.165, 1.54) is 12.1 Å². The summed E-state index contributed by atoms with van der Waals surface area (Å²) < 4.78 is 26.9.